The van der Waals surface area contributed by atoms with Gasteiger partial charge in [-0.05, 0) is 72.1 Å². The number of nitrogens with zero attached hydrogens (tertiary/aromatic N) is 3. The number of rotatable bonds is 11. The summed E-state index contributed by atoms with van der Waals surface area (Å²) < 4.78 is 25.9. The SMILES string of the molecule is COC(=O)c1cc(N(CCC[C@@H](C(=O)OC)N(C(=O)OCc2ccccc2)C(=O)OC(C)(C)C)C(=O)OC(C)(C)C)ccc1[N+](=O)[O-]. The number of esters is 2. The molecule has 0 bridgehead atoms. The molecule has 2 rings (SSSR count). The molecule has 0 aromatic heterocycles. The lowest BCUT2D eigenvalue weighted by atomic mass is 10.1. The number of carbonyl (C=O) groups excluding carboxylic acids is 5. The summed E-state index contributed by atoms with van der Waals surface area (Å²) in [7, 11) is 2.13. The summed E-state index contributed by atoms with van der Waals surface area (Å²) >= 11 is 0. The van der Waals surface area contributed by atoms with E-state index in [0.29, 0.717) is 10.5 Å². The second-order valence-electron chi connectivity index (χ2n) is 12.2. The van der Waals surface area contributed by atoms with Crippen molar-refractivity contribution in [2.45, 2.75) is 78.2 Å². The third-order valence-corrected chi connectivity index (χ3v) is 6.14. The smallest absolute Gasteiger partial charge is 0.420 e. The van der Waals surface area contributed by atoms with Gasteiger partial charge in [0.15, 0.2) is 0 Å². The number of carbonyl (C=O) groups is 5. The first kappa shape index (κ1) is 38.0. The number of benzene rings is 2. The molecule has 47 heavy (non-hydrogen) atoms. The van der Waals surface area contributed by atoms with Crippen molar-refractivity contribution < 1.29 is 52.6 Å². The quantitative estimate of drug-likeness (QED) is 0.119. The Hall–Kier alpha value is -5.21. The van der Waals surface area contributed by atoms with E-state index in [1.54, 1.807) is 71.9 Å². The van der Waals surface area contributed by atoms with E-state index in [9.17, 15) is 34.1 Å². The van der Waals surface area contributed by atoms with Gasteiger partial charge in [-0.15, -0.1) is 0 Å². The fraction of sp³-hybridized carbons (Fsp3) is 0.469. The predicted molar refractivity (Wildman–Crippen MR) is 168 cm³/mol. The molecule has 15 nitrogen and oxygen atoms in total. The molecule has 0 heterocycles. The van der Waals surface area contributed by atoms with Gasteiger partial charge in [-0.1, -0.05) is 30.3 Å². The third-order valence-electron chi connectivity index (χ3n) is 6.14. The summed E-state index contributed by atoms with van der Waals surface area (Å²) in [5.74, 6) is -1.96. The molecule has 2 aromatic carbocycles. The van der Waals surface area contributed by atoms with E-state index in [2.05, 4.69) is 4.74 Å². The van der Waals surface area contributed by atoms with Crippen molar-refractivity contribution >= 4 is 41.6 Å². The highest BCUT2D eigenvalue weighted by atomic mass is 16.6. The number of ether oxygens (including phenoxy) is 5. The van der Waals surface area contributed by atoms with Crippen molar-refractivity contribution in [1.82, 2.24) is 4.90 Å². The number of nitro groups is 1. The summed E-state index contributed by atoms with van der Waals surface area (Å²) in [4.78, 5) is 77.7. The Labute approximate surface area is 272 Å². The maximum Gasteiger partial charge on any atom is 0.420 e. The molecule has 15 heteroatoms. The Balaban J connectivity index is 2.46. The van der Waals surface area contributed by atoms with Crippen LogP contribution in [0.5, 0.6) is 0 Å². The molecule has 0 aliphatic carbocycles. The first-order chi connectivity index (χ1) is 21.9. The van der Waals surface area contributed by atoms with Crippen LogP contribution in [0.3, 0.4) is 0 Å². The molecule has 0 N–H and O–H groups in total. The van der Waals surface area contributed by atoms with E-state index in [-0.39, 0.29) is 31.7 Å². The minimum absolute atomic E-state index is 0.0468. The molecule has 0 saturated heterocycles. The topological polar surface area (TPSA) is 181 Å². The molecule has 0 saturated carbocycles. The molecular weight excluding hydrogens is 618 g/mol. The maximum atomic E-state index is 13.3. The molecule has 0 unspecified atom stereocenters. The molecule has 0 spiro atoms. The van der Waals surface area contributed by atoms with E-state index < -0.39 is 63.6 Å². The average Bonchev–Trinajstić information content (AvgIpc) is 2.98. The molecule has 256 valence electrons. The minimum atomic E-state index is -1.54. The predicted octanol–water partition coefficient (Wildman–Crippen LogP) is 6.02. The fourth-order valence-corrected chi connectivity index (χ4v) is 4.13. The van der Waals surface area contributed by atoms with Crippen LogP contribution in [0.1, 0.15) is 70.3 Å². The van der Waals surface area contributed by atoms with E-state index >= 15 is 0 Å². The number of methoxy groups -OCH3 is 2. The molecule has 2 aromatic rings. The molecule has 0 aliphatic heterocycles. The Kier molecular flexibility index (Phi) is 13.2. The van der Waals surface area contributed by atoms with Crippen molar-refractivity contribution in [2.75, 3.05) is 25.7 Å². The summed E-state index contributed by atoms with van der Waals surface area (Å²) in [5.41, 5.74) is -2.28. The van der Waals surface area contributed by atoms with Gasteiger partial charge in [0, 0.05) is 18.3 Å². The van der Waals surface area contributed by atoms with Gasteiger partial charge in [-0.25, -0.2) is 24.0 Å². The van der Waals surface area contributed by atoms with Crippen molar-refractivity contribution in [2.24, 2.45) is 0 Å². The van der Waals surface area contributed by atoms with Crippen LogP contribution < -0.4 is 4.90 Å². The lowest BCUT2D eigenvalue weighted by molar-refractivity contribution is -0.385. The first-order valence-electron chi connectivity index (χ1n) is 14.6. The van der Waals surface area contributed by atoms with E-state index in [4.69, 9.17) is 18.9 Å². The number of imide groups is 1. The number of amides is 3. The molecule has 0 fully saturated rings. The second-order valence-corrected chi connectivity index (χ2v) is 12.2. The van der Waals surface area contributed by atoms with Gasteiger partial charge >= 0.3 is 30.2 Å². The van der Waals surface area contributed by atoms with Crippen molar-refractivity contribution in [1.29, 1.82) is 0 Å². The zero-order valence-electron chi connectivity index (χ0n) is 27.8. The third kappa shape index (κ3) is 11.6. The van der Waals surface area contributed by atoms with Crippen molar-refractivity contribution in [3.63, 3.8) is 0 Å². The molecule has 3 amide bonds. The number of hydrogen-bond acceptors (Lipinski definition) is 12. The normalized spacial score (nSPS) is 11.8. The van der Waals surface area contributed by atoms with Crippen LogP contribution in [0.2, 0.25) is 0 Å². The van der Waals surface area contributed by atoms with Crippen LogP contribution in [-0.4, -0.2) is 78.0 Å². The van der Waals surface area contributed by atoms with Gasteiger partial charge in [-0.3, -0.25) is 15.0 Å². The highest BCUT2D eigenvalue weighted by molar-refractivity contribution is 5.97. The fourth-order valence-electron chi connectivity index (χ4n) is 4.13. The summed E-state index contributed by atoms with van der Waals surface area (Å²) in [6.45, 7) is 9.23. The lowest BCUT2D eigenvalue weighted by Gasteiger charge is -2.31. The van der Waals surface area contributed by atoms with Gasteiger partial charge in [0.05, 0.1) is 19.1 Å². The van der Waals surface area contributed by atoms with Crippen LogP contribution in [0.4, 0.5) is 25.8 Å². The van der Waals surface area contributed by atoms with Crippen molar-refractivity contribution in [3.8, 4) is 0 Å². The zero-order valence-corrected chi connectivity index (χ0v) is 27.8. The Morgan fingerprint density at radius 1 is 0.830 bits per heavy atom. The van der Waals surface area contributed by atoms with Gasteiger partial charge in [0.25, 0.3) is 5.69 Å². The Bertz CT molecular complexity index is 1450. The Morgan fingerprint density at radius 2 is 1.43 bits per heavy atom. The van der Waals surface area contributed by atoms with Crippen molar-refractivity contribution in [3.05, 3.63) is 69.8 Å². The number of anilines is 1. The monoisotopic (exact) mass is 659 g/mol. The maximum absolute atomic E-state index is 13.3. The highest BCUT2D eigenvalue weighted by Crippen LogP contribution is 2.28. The van der Waals surface area contributed by atoms with E-state index in [1.807, 2.05) is 0 Å². The molecule has 0 radical (unpaired) electrons. The van der Waals surface area contributed by atoms with E-state index in [1.165, 1.54) is 6.07 Å². The van der Waals surface area contributed by atoms with E-state index in [0.717, 1.165) is 31.3 Å². The molecule has 0 aliphatic rings. The summed E-state index contributed by atoms with van der Waals surface area (Å²) in [6.07, 6.45) is -3.48. The second kappa shape index (κ2) is 16.4. The van der Waals surface area contributed by atoms with Crippen LogP contribution in [0.25, 0.3) is 0 Å². The van der Waals surface area contributed by atoms with Crippen LogP contribution >= 0.6 is 0 Å². The molecular formula is C32H41N3O12. The average molecular weight is 660 g/mol. The highest BCUT2D eigenvalue weighted by Gasteiger charge is 2.40. The Morgan fingerprint density at radius 3 is 1.96 bits per heavy atom. The zero-order chi connectivity index (χ0) is 35.5. The largest absolute Gasteiger partial charge is 0.467 e. The van der Waals surface area contributed by atoms with Gasteiger partial charge in [0.2, 0.25) is 0 Å². The summed E-state index contributed by atoms with van der Waals surface area (Å²) in [6, 6.07) is 10.5. The first-order valence-corrected chi connectivity index (χ1v) is 14.6. The molecule has 1 atom stereocenters. The van der Waals surface area contributed by atoms with Crippen LogP contribution in [0, 0.1) is 10.1 Å². The van der Waals surface area contributed by atoms with Gasteiger partial charge in [-0.2, -0.15) is 4.90 Å². The lowest BCUT2D eigenvalue weighted by Crippen LogP contribution is -2.51. The summed E-state index contributed by atoms with van der Waals surface area (Å²) in [5, 5.41) is 11.5. The van der Waals surface area contributed by atoms with Gasteiger partial charge < -0.3 is 23.7 Å². The standard InChI is InChI=1S/C32H41N3O12/c1-31(2,3)46-28(38)33(22-16-17-24(35(41)42)23(19-22)26(36)43-7)18-12-15-25(27(37)44-8)34(30(40)47-32(4,5)6)29(39)45-20-21-13-10-9-11-14-21/h9-11,13-14,16-17,19,25H,12,15,18,20H2,1-8H3/t25-/m0/s1. The minimum Gasteiger partial charge on any atom is -0.467 e. The van der Waals surface area contributed by atoms with Crippen LogP contribution in [-0.2, 0) is 35.1 Å². The number of hydrogen-bond donors (Lipinski definition) is 0. The van der Waals surface area contributed by atoms with Crippen LogP contribution in [0.15, 0.2) is 48.5 Å². The number of nitro benzene ring substituents is 1. The van der Waals surface area contributed by atoms with Gasteiger partial charge in [0.1, 0.15) is 29.4 Å².